The van der Waals surface area contributed by atoms with E-state index in [1.165, 1.54) is 0 Å². The molecule has 2 nitrogen and oxygen atoms in total. The number of phenols is 1. The summed E-state index contributed by atoms with van der Waals surface area (Å²) in [5.41, 5.74) is 0.813. The molecule has 0 unspecified atom stereocenters. The molecule has 0 saturated carbocycles. The average molecular weight is 337 g/mol. The van der Waals surface area contributed by atoms with Gasteiger partial charge in [-0.2, -0.15) is 0 Å². The SMILES string of the molecule is C=CCOc1ccc(Cl)cc1.C=CCc1cc(Cl)ccc1O. The predicted octanol–water partition coefficient (Wildman–Crippen LogP) is 5.68. The lowest BCUT2D eigenvalue weighted by Crippen LogP contribution is -1.91. The van der Waals surface area contributed by atoms with Crippen molar-refractivity contribution in [3.05, 3.63) is 83.4 Å². The second-order valence-corrected chi connectivity index (χ2v) is 5.19. The molecule has 0 aliphatic heterocycles. The fraction of sp³-hybridized carbons (Fsp3) is 0.111. The Labute approximate surface area is 141 Å². The lowest BCUT2D eigenvalue weighted by molar-refractivity contribution is 0.363. The minimum atomic E-state index is 0.273. The first-order chi connectivity index (χ1) is 10.6. The highest BCUT2D eigenvalue weighted by atomic mass is 35.5. The number of hydrogen-bond acceptors (Lipinski definition) is 2. The summed E-state index contributed by atoms with van der Waals surface area (Å²) in [7, 11) is 0. The van der Waals surface area contributed by atoms with E-state index in [9.17, 15) is 5.11 Å². The van der Waals surface area contributed by atoms with Crippen LogP contribution in [0, 0.1) is 0 Å². The molecule has 0 heterocycles. The molecule has 0 bridgehead atoms. The molecule has 0 atom stereocenters. The van der Waals surface area contributed by atoms with Gasteiger partial charge in [-0.05, 0) is 54.4 Å². The third kappa shape index (κ3) is 6.70. The van der Waals surface area contributed by atoms with Gasteiger partial charge in [0.2, 0.25) is 0 Å². The molecular formula is C18H18Cl2O2. The normalized spacial score (nSPS) is 9.36. The molecule has 2 aromatic carbocycles. The molecule has 0 fully saturated rings. The van der Waals surface area contributed by atoms with Gasteiger partial charge in [-0.15, -0.1) is 6.58 Å². The van der Waals surface area contributed by atoms with Crippen molar-refractivity contribution >= 4 is 23.2 Å². The molecule has 0 spiro atoms. The summed E-state index contributed by atoms with van der Waals surface area (Å²) in [6.07, 6.45) is 4.08. The largest absolute Gasteiger partial charge is 0.508 e. The summed E-state index contributed by atoms with van der Waals surface area (Å²) in [6.45, 7) is 7.64. The monoisotopic (exact) mass is 336 g/mol. The van der Waals surface area contributed by atoms with Crippen LogP contribution in [0.4, 0.5) is 0 Å². The highest BCUT2D eigenvalue weighted by molar-refractivity contribution is 6.30. The van der Waals surface area contributed by atoms with E-state index in [-0.39, 0.29) is 5.75 Å². The van der Waals surface area contributed by atoms with Crippen molar-refractivity contribution < 1.29 is 9.84 Å². The Kier molecular flexibility index (Phi) is 8.19. The first-order valence-electron chi connectivity index (χ1n) is 6.64. The topological polar surface area (TPSA) is 29.5 Å². The fourth-order valence-corrected chi connectivity index (χ4v) is 1.88. The third-order valence-corrected chi connectivity index (χ3v) is 3.07. The molecule has 0 aromatic heterocycles. The second kappa shape index (κ2) is 9.93. The van der Waals surface area contributed by atoms with Gasteiger partial charge < -0.3 is 9.84 Å². The summed E-state index contributed by atoms with van der Waals surface area (Å²) in [6, 6.07) is 12.2. The molecule has 0 aliphatic carbocycles. The number of halogens is 2. The van der Waals surface area contributed by atoms with E-state index in [1.807, 2.05) is 12.1 Å². The molecule has 0 amide bonds. The van der Waals surface area contributed by atoms with Crippen molar-refractivity contribution in [1.29, 1.82) is 0 Å². The van der Waals surface area contributed by atoms with Gasteiger partial charge in [0.15, 0.2) is 0 Å². The van der Waals surface area contributed by atoms with Gasteiger partial charge in [0.1, 0.15) is 18.1 Å². The van der Waals surface area contributed by atoms with Gasteiger partial charge in [0.25, 0.3) is 0 Å². The van der Waals surface area contributed by atoms with Crippen molar-refractivity contribution in [1.82, 2.24) is 0 Å². The van der Waals surface area contributed by atoms with Gasteiger partial charge in [-0.25, -0.2) is 0 Å². The Balaban J connectivity index is 0.000000220. The Bertz CT molecular complexity index is 607. The van der Waals surface area contributed by atoms with Crippen molar-refractivity contribution in [3.63, 3.8) is 0 Å². The van der Waals surface area contributed by atoms with E-state index in [0.717, 1.165) is 16.3 Å². The molecule has 0 aliphatic rings. The number of benzene rings is 2. The van der Waals surface area contributed by atoms with Crippen LogP contribution in [0.5, 0.6) is 11.5 Å². The van der Waals surface area contributed by atoms with Crippen LogP contribution in [0.25, 0.3) is 0 Å². The van der Waals surface area contributed by atoms with E-state index in [1.54, 1.807) is 42.5 Å². The maximum atomic E-state index is 9.26. The Morgan fingerprint density at radius 1 is 0.955 bits per heavy atom. The minimum absolute atomic E-state index is 0.273. The summed E-state index contributed by atoms with van der Waals surface area (Å²) in [5, 5.41) is 10.6. The standard InChI is InChI=1S/2C9H9ClO/c1-2-7-11-9-5-3-8(10)4-6-9;1-2-3-7-6-8(10)4-5-9(7)11/h2-6H,1,7H2;2,4-6,11H,1,3H2. The van der Waals surface area contributed by atoms with E-state index in [0.29, 0.717) is 18.1 Å². The minimum Gasteiger partial charge on any atom is -0.508 e. The van der Waals surface area contributed by atoms with Gasteiger partial charge >= 0.3 is 0 Å². The van der Waals surface area contributed by atoms with Crippen LogP contribution in [0.3, 0.4) is 0 Å². The summed E-state index contributed by atoms with van der Waals surface area (Å²) in [4.78, 5) is 0. The first kappa shape index (κ1) is 18.1. The highest BCUT2D eigenvalue weighted by Crippen LogP contribution is 2.21. The number of allylic oxidation sites excluding steroid dienone is 1. The molecule has 0 radical (unpaired) electrons. The van der Waals surface area contributed by atoms with Crippen molar-refractivity contribution in [2.45, 2.75) is 6.42 Å². The molecule has 2 rings (SSSR count). The zero-order valence-electron chi connectivity index (χ0n) is 12.1. The molecule has 116 valence electrons. The van der Waals surface area contributed by atoms with Crippen LogP contribution in [0.2, 0.25) is 10.0 Å². The fourth-order valence-electron chi connectivity index (χ4n) is 1.56. The van der Waals surface area contributed by atoms with E-state index in [4.69, 9.17) is 27.9 Å². The van der Waals surface area contributed by atoms with Crippen LogP contribution >= 0.6 is 23.2 Å². The quantitative estimate of drug-likeness (QED) is 0.711. The van der Waals surface area contributed by atoms with E-state index in [2.05, 4.69) is 13.2 Å². The smallest absolute Gasteiger partial charge is 0.119 e. The predicted molar refractivity (Wildman–Crippen MR) is 94.2 cm³/mol. The molecule has 0 saturated heterocycles. The molecule has 4 heteroatoms. The average Bonchev–Trinajstić information content (AvgIpc) is 2.51. The zero-order valence-corrected chi connectivity index (χ0v) is 13.6. The van der Waals surface area contributed by atoms with Crippen LogP contribution in [-0.2, 0) is 6.42 Å². The van der Waals surface area contributed by atoms with Crippen LogP contribution in [-0.4, -0.2) is 11.7 Å². The van der Waals surface area contributed by atoms with Gasteiger partial charge in [-0.1, -0.05) is 41.9 Å². The maximum absolute atomic E-state index is 9.26. The number of phenolic OH excluding ortho intramolecular Hbond substituents is 1. The van der Waals surface area contributed by atoms with Gasteiger partial charge in [0, 0.05) is 10.0 Å². The van der Waals surface area contributed by atoms with Crippen LogP contribution in [0.1, 0.15) is 5.56 Å². The Morgan fingerprint density at radius 2 is 1.59 bits per heavy atom. The summed E-state index contributed by atoms with van der Waals surface area (Å²) >= 11 is 11.4. The van der Waals surface area contributed by atoms with Gasteiger partial charge in [0.05, 0.1) is 0 Å². The summed E-state index contributed by atoms with van der Waals surface area (Å²) < 4.78 is 5.23. The van der Waals surface area contributed by atoms with Crippen LogP contribution in [0.15, 0.2) is 67.8 Å². The van der Waals surface area contributed by atoms with E-state index < -0.39 is 0 Å². The lowest BCUT2D eigenvalue weighted by atomic mass is 10.1. The van der Waals surface area contributed by atoms with Crippen LogP contribution < -0.4 is 4.74 Å². The maximum Gasteiger partial charge on any atom is 0.119 e. The molecule has 2 aromatic rings. The molecule has 22 heavy (non-hydrogen) atoms. The lowest BCUT2D eigenvalue weighted by Gasteiger charge is -2.01. The first-order valence-corrected chi connectivity index (χ1v) is 7.40. The molecule has 1 N–H and O–H groups in total. The third-order valence-electron chi connectivity index (χ3n) is 2.59. The number of hydrogen-bond donors (Lipinski definition) is 1. The van der Waals surface area contributed by atoms with E-state index >= 15 is 0 Å². The highest BCUT2D eigenvalue weighted by Gasteiger charge is 1.98. The number of aromatic hydroxyl groups is 1. The van der Waals surface area contributed by atoms with Crippen molar-refractivity contribution in [2.75, 3.05) is 6.61 Å². The Morgan fingerprint density at radius 3 is 2.18 bits per heavy atom. The number of rotatable bonds is 5. The summed E-state index contributed by atoms with van der Waals surface area (Å²) in [5.74, 6) is 1.09. The van der Waals surface area contributed by atoms with Gasteiger partial charge in [-0.3, -0.25) is 0 Å². The van der Waals surface area contributed by atoms with Crippen molar-refractivity contribution in [3.8, 4) is 11.5 Å². The molecular weight excluding hydrogens is 319 g/mol. The number of ether oxygens (including phenoxy) is 1. The van der Waals surface area contributed by atoms with Crippen molar-refractivity contribution in [2.24, 2.45) is 0 Å². The Hall–Kier alpha value is -1.90. The zero-order chi connectivity index (χ0) is 16.4. The second-order valence-electron chi connectivity index (χ2n) is 4.32.